The Morgan fingerprint density at radius 1 is 1.05 bits per heavy atom. The van der Waals surface area contributed by atoms with Crippen molar-refractivity contribution in [1.82, 2.24) is 14.9 Å². The van der Waals surface area contributed by atoms with Crippen LogP contribution in [0.5, 0.6) is 0 Å². The lowest BCUT2D eigenvalue weighted by atomic mass is 9.88. The molecule has 0 spiro atoms. The second kappa shape index (κ2) is 10.8. The van der Waals surface area contributed by atoms with E-state index in [1.807, 2.05) is 31.2 Å². The summed E-state index contributed by atoms with van der Waals surface area (Å²) in [6.07, 6.45) is 2.74. The molecule has 1 aliphatic carbocycles. The van der Waals surface area contributed by atoms with Crippen LogP contribution in [0.3, 0.4) is 0 Å². The number of nitrogens with one attached hydrogen (secondary N) is 2. The maximum absolute atomic E-state index is 13.5. The molecule has 2 amide bonds. The van der Waals surface area contributed by atoms with Crippen LogP contribution in [0.25, 0.3) is 16.8 Å². The predicted molar refractivity (Wildman–Crippen MR) is 143 cm³/mol. The number of imidazole rings is 1. The van der Waals surface area contributed by atoms with Gasteiger partial charge in [-0.1, -0.05) is 55.8 Å². The molecule has 1 aromatic heterocycles. The molecule has 1 heterocycles. The van der Waals surface area contributed by atoms with Gasteiger partial charge in [-0.15, -0.1) is 0 Å². The number of alkyl halides is 3. The molecule has 1 unspecified atom stereocenters. The molecule has 200 valence electrons. The minimum atomic E-state index is -4.55. The molecule has 0 aliphatic heterocycles. The zero-order valence-electron chi connectivity index (χ0n) is 21.3. The average molecular weight is 533 g/mol. The average Bonchev–Trinajstić information content (AvgIpc) is 3.58. The van der Waals surface area contributed by atoms with Crippen LogP contribution in [-0.4, -0.2) is 34.1 Å². The van der Waals surface area contributed by atoms with Gasteiger partial charge >= 0.3 is 6.18 Å². The van der Waals surface area contributed by atoms with Gasteiger partial charge in [-0.2, -0.15) is 13.2 Å². The SMILES string of the molecule is CCCCc1c(-n2ccnc2)cc(NC(=O)c2ccccc2)c2c1C(C(=O)NCC(F)(F)F)c1ccccc1-2. The standard InChI is InChI=1S/C30H27F3N4O2/c1-2-3-11-22-24(37-15-14-34-18-37)16-23(36-28(38)19-9-5-4-6-10-19)25-20-12-7-8-13-21(20)27(26(22)25)29(39)35-17-30(31,32)33/h4-10,12-16,18,27H,2-3,11,17H2,1H3,(H,35,39)(H,36,38). The van der Waals surface area contributed by atoms with Crippen molar-refractivity contribution in [2.45, 2.75) is 38.3 Å². The monoisotopic (exact) mass is 532 g/mol. The third-order valence-electron chi connectivity index (χ3n) is 6.86. The number of rotatable bonds is 8. The van der Waals surface area contributed by atoms with Crippen LogP contribution in [0, 0.1) is 0 Å². The van der Waals surface area contributed by atoms with Crippen LogP contribution in [0.2, 0.25) is 0 Å². The largest absolute Gasteiger partial charge is 0.405 e. The van der Waals surface area contributed by atoms with Crippen molar-refractivity contribution < 1.29 is 22.8 Å². The highest BCUT2D eigenvalue weighted by Crippen LogP contribution is 2.52. The van der Waals surface area contributed by atoms with Crippen molar-refractivity contribution in [3.05, 3.63) is 102 Å². The number of hydrogen-bond acceptors (Lipinski definition) is 3. The highest BCUT2D eigenvalue weighted by molar-refractivity contribution is 6.09. The summed E-state index contributed by atoms with van der Waals surface area (Å²) in [6, 6.07) is 17.8. The Morgan fingerprint density at radius 3 is 2.49 bits per heavy atom. The third kappa shape index (κ3) is 5.30. The van der Waals surface area contributed by atoms with Crippen molar-refractivity contribution >= 4 is 17.5 Å². The van der Waals surface area contributed by atoms with Crippen LogP contribution in [-0.2, 0) is 11.2 Å². The second-order valence-corrected chi connectivity index (χ2v) is 9.46. The molecule has 39 heavy (non-hydrogen) atoms. The number of carbonyl (C=O) groups excluding carboxylic acids is 2. The van der Waals surface area contributed by atoms with E-state index in [-0.39, 0.29) is 5.91 Å². The lowest BCUT2D eigenvalue weighted by molar-refractivity contribution is -0.138. The van der Waals surface area contributed by atoms with Crippen LogP contribution in [0.1, 0.15) is 52.7 Å². The zero-order chi connectivity index (χ0) is 27.6. The quantitative estimate of drug-likeness (QED) is 0.281. The van der Waals surface area contributed by atoms with Gasteiger partial charge in [0.2, 0.25) is 5.91 Å². The number of halogens is 3. The molecule has 6 nitrogen and oxygen atoms in total. The van der Waals surface area contributed by atoms with E-state index in [9.17, 15) is 22.8 Å². The molecule has 4 aromatic rings. The van der Waals surface area contributed by atoms with Crippen molar-refractivity contribution in [2.24, 2.45) is 0 Å². The van der Waals surface area contributed by atoms with E-state index in [2.05, 4.69) is 15.6 Å². The molecule has 1 atom stereocenters. The highest BCUT2D eigenvalue weighted by atomic mass is 19.4. The Balaban J connectivity index is 1.74. The van der Waals surface area contributed by atoms with Crippen LogP contribution in [0.15, 0.2) is 79.4 Å². The van der Waals surface area contributed by atoms with Gasteiger partial charge in [-0.25, -0.2) is 4.98 Å². The molecule has 0 fully saturated rings. The normalized spacial score (nSPS) is 14.0. The number of anilines is 1. The van der Waals surface area contributed by atoms with E-state index in [0.717, 1.165) is 18.4 Å². The summed E-state index contributed by atoms with van der Waals surface area (Å²) in [5.74, 6) is -2.04. The summed E-state index contributed by atoms with van der Waals surface area (Å²) >= 11 is 0. The Morgan fingerprint density at radius 2 is 1.79 bits per heavy atom. The first-order valence-corrected chi connectivity index (χ1v) is 12.8. The fourth-order valence-corrected chi connectivity index (χ4v) is 5.16. The van der Waals surface area contributed by atoms with Gasteiger partial charge in [0.15, 0.2) is 0 Å². The van der Waals surface area contributed by atoms with E-state index >= 15 is 0 Å². The topological polar surface area (TPSA) is 76.0 Å². The predicted octanol–water partition coefficient (Wildman–Crippen LogP) is 6.26. The minimum absolute atomic E-state index is 0.335. The summed E-state index contributed by atoms with van der Waals surface area (Å²) in [5, 5.41) is 5.12. The molecule has 9 heteroatoms. The number of hydrogen-bond donors (Lipinski definition) is 2. The Labute approximate surface area is 223 Å². The van der Waals surface area contributed by atoms with E-state index in [0.29, 0.717) is 45.6 Å². The Bertz CT molecular complexity index is 1500. The van der Waals surface area contributed by atoms with Crippen molar-refractivity contribution in [3.63, 3.8) is 0 Å². The maximum atomic E-state index is 13.5. The summed E-state index contributed by atoms with van der Waals surface area (Å²) in [6.45, 7) is 0.622. The first-order valence-electron chi connectivity index (χ1n) is 12.8. The van der Waals surface area contributed by atoms with Crippen LogP contribution < -0.4 is 10.6 Å². The lowest BCUT2D eigenvalue weighted by Gasteiger charge is -2.23. The second-order valence-electron chi connectivity index (χ2n) is 9.46. The molecule has 0 bridgehead atoms. The number of benzene rings is 3. The molecular formula is C30H27F3N4O2. The van der Waals surface area contributed by atoms with Gasteiger partial charge < -0.3 is 15.2 Å². The summed E-state index contributed by atoms with van der Waals surface area (Å²) in [4.78, 5) is 30.9. The van der Waals surface area contributed by atoms with Gasteiger partial charge in [0, 0.05) is 23.5 Å². The van der Waals surface area contributed by atoms with E-state index < -0.39 is 24.5 Å². The minimum Gasteiger partial charge on any atom is -0.346 e. The number of unbranched alkanes of at least 4 members (excludes halogenated alkanes) is 1. The van der Waals surface area contributed by atoms with E-state index in [1.54, 1.807) is 59.7 Å². The number of nitrogens with zero attached hydrogens (tertiary/aromatic N) is 2. The smallest absolute Gasteiger partial charge is 0.346 e. The molecule has 0 saturated carbocycles. The molecule has 5 rings (SSSR count). The molecule has 0 radical (unpaired) electrons. The Hall–Kier alpha value is -4.40. The molecular weight excluding hydrogens is 505 g/mol. The summed E-state index contributed by atoms with van der Waals surface area (Å²) in [7, 11) is 0. The first-order chi connectivity index (χ1) is 18.8. The summed E-state index contributed by atoms with van der Waals surface area (Å²) < 4.78 is 41.1. The Kier molecular flexibility index (Phi) is 7.24. The fraction of sp³-hybridized carbons (Fsp3) is 0.233. The van der Waals surface area contributed by atoms with Crippen molar-refractivity contribution in [3.8, 4) is 16.8 Å². The van der Waals surface area contributed by atoms with Gasteiger partial charge in [-0.05, 0) is 53.3 Å². The molecule has 1 aliphatic rings. The van der Waals surface area contributed by atoms with Gasteiger partial charge in [0.1, 0.15) is 6.54 Å². The van der Waals surface area contributed by atoms with Crippen molar-refractivity contribution in [2.75, 3.05) is 11.9 Å². The number of amides is 2. The van der Waals surface area contributed by atoms with Crippen molar-refractivity contribution in [1.29, 1.82) is 0 Å². The molecule has 2 N–H and O–H groups in total. The van der Waals surface area contributed by atoms with Crippen LogP contribution in [0.4, 0.5) is 18.9 Å². The van der Waals surface area contributed by atoms with E-state index in [1.165, 1.54) is 0 Å². The zero-order valence-corrected chi connectivity index (χ0v) is 21.3. The number of carbonyl (C=O) groups is 2. The third-order valence-corrected chi connectivity index (χ3v) is 6.86. The fourth-order valence-electron chi connectivity index (χ4n) is 5.16. The molecule has 0 saturated heterocycles. The molecule has 3 aromatic carbocycles. The maximum Gasteiger partial charge on any atom is 0.405 e. The van der Waals surface area contributed by atoms with Crippen LogP contribution >= 0.6 is 0 Å². The van der Waals surface area contributed by atoms with Gasteiger partial charge in [0.05, 0.1) is 23.6 Å². The van der Waals surface area contributed by atoms with E-state index in [4.69, 9.17) is 0 Å². The van der Waals surface area contributed by atoms with Gasteiger partial charge in [0.25, 0.3) is 5.91 Å². The lowest BCUT2D eigenvalue weighted by Crippen LogP contribution is -2.37. The number of fused-ring (bicyclic) bond motifs is 3. The highest BCUT2D eigenvalue weighted by Gasteiger charge is 2.40. The summed E-state index contributed by atoms with van der Waals surface area (Å²) in [5.41, 5.74) is 5.05. The van der Waals surface area contributed by atoms with Gasteiger partial charge in [-0.3, -0.25) is 9.59 Å². The first kappa shape index (κ1) is 26.2. The number of aromatic nitrogens is 2.